The zero-order chi connectivity index (χ0) is 18.8. The predicted molar refractivity (Wildman–Crippen MR) is 116 cm³/mol. The summed E-state index contributed by atoms with van der Waals surface area (Å²) in [5, 5.41) is 18.7. The van der Waals surface area contributed by atoms with Gasteiger partial charge < -0.3 is 10.0 Å². The highest BCUT2D eigenvalue weighted by Crippen LogP contribution is 2.50. The number of carboxylic acid groups (broad SMARTS) is 1. The number of aromatic carboxylic acids is 1. The lowest BCUT2D eigenvalue weighted by atomic mass is 10.1. The molecule has 0 spiro atoms. The molecule has 0 unspecified atom stereocenters. The number of anilines is 1. The molecule has 1 fully saturated rings. The molecule has 1 N–H and O–H groups in total. The summed E-state index contributed by atoms with van der Waals surface area (Å²) in [6, 6.07) is 20.6. The molecule has 1 aliphatic heterocycles. The van der Waals surface area contributed by atoms with Gasteiger partial charge in [-0.15, -0.1) is 0 Å². The van der Waals surface area contributed by atoms with E-state index in [1.807, 2.05) is 24.3 Å². The van der Waals surface area contributed by atoms with Crippen molar-refractivity contribution in [2.24, 2.45) is 0 Å². The van der Waals surface area contributed by atoms with Crippen molar-refractivity contribution in [3.63, 3.8) is 0 Å². The lowest BCUT2D eigenvalue weighted by Gasteiger charge is -2.16. The van der Waals surface area contributed by atoms with Gasteiger partial charge in [-0.25, -0.2) is 4.79 Å². The predicted octanol–water partition coefficient (Wildman–Crippen LogP) is 6.04. The maximum Gasteiger partial charge on any atom is 0.336 e. The lowest BCUT2D eigenvalue weighted by Crippen LogP contribution is -2.16. The second-order valence-electron chi connectivity index (χ2n) is 7.73. The van der Waals surface area contributed by atoms with Crippen molar-refractivity contribution in [2.75, 3.05) is 18.0 Å². The molecular weight excluding hydrogens is 346 g/mol. The normalized spacial score (nSPS) is 14.8. The van der Waals surface area contributed by atoms with E-state index in [0.29, 0.717) is 5.56 Å². The van der Waals surface area contributed by atoms with Gasteiger partial charge in [0.15, 0.2) is 0 Å². The van der Waals surface area contributed by atoms with Crippen molar-refractivity contribution in [3.05, 3.63) is 66.2 Å². The van der Waals surface area contributed by atoms with E-state index in [9.17, 15) is 9.90 Å². The third-order valence-corrected chi connectivity index (χ3v) is 6.26. The Bertz CT molecular complexity index is 1400. The molecule has 136 valence electrons. The Balaban J connectivity index is 1.94. The highest BCUT2D eigenvalue weighted by atomic mass is 16.4. The van der Waals surface area contributed by atoms with Crippen molar-refractivity contribution in [1.82, 2.24) is 0 Å². The Morgan fingerprint density at radius 1 is 0.750 bits per heavy atom. The molecule has 0 radical (unpaired) electrons. The molecular formula is C25H19NO2. The standard InChI is InChI=1S/C25H19NO2/c27-25(28)22-17-10-3-1-2-9-16(17)21-18-11-5-4-8-15-14-19(26-12-6-7-13-26)23(20(15)18)24(21)22/h1-5,8-11,14H,6-7,12-13H2,(H,27,28). The summed E-state index contributed by atoms with van der Waals surface area (Å²) in [4.78, 5) is 14.8. The summed E-state index contributed by atoms with van der Waals surface area (Å²) in [6.45, 7) is 2.08. The summed E-state index contributed by atoms with van der Waals surface area (Å²) in [7, 11) is 0. The van der Waals surface area contributed by atoms with E-state index >= 15 is 0 Å². The average molecular weight is 365 g/mol. The smallest absolute Gasteiger partial charge is 0.336 e. The molecule has 0 saturated carbocycles. The lowest BCUT2D eigenvalue weighted by molar-refractivity contribution is 0.0701. The van der Waals surface area contributed by atoms with Gasteiger partial charge in [-0.05, 0) is 51.2 Å². The monoisotopic (exact) mass is 365 g/mol. The van der Waals surface area contributed by atoms with E-state index in [4.69, 9.17) is 0 Å². The van der Waals surface area contributed by atoms with Gasteiger partial charge >= 0.3 is 5.97 Å². The average Bonchev–Trinajstić information content (AvgIpc) is 3.37. The fourth-order valence-corrected chi connectivity index (χ4v) is 5.18. The molecule has 5 aromatic carbocycles. The number of nitrogens with zero attached hydrogens (tertiary/aromatic N) is 1. The van der Waals surface area contributed by atoms with Gasteiger partial charge in [0.2, 0.25) is 0 Å². The van der Waals surface area contributed by atoms with E-state index < -0.39 is 5.97 Å². The Labute approximate surface area is 162 Å². The Hall–Kier alpha value is -3.33. The van der Waals surface area contributed by atoms with Crippen LogP contribution in [0.25, 0.3) is 43.1 Å². The SMILES string of the molecule is O=C(O)c1c2cccccc2c2c3ccccc4cc(N5CCCC5)c(c12)c43. The number of hydrogen-bond donors (Lipinski definition) is 1. The molecule has 28 heavy (non-hydrogen) atoms. The quantitative estimate of drug-likeness (QED) is 0.415. The topological polar surface area (TPSA) is 40.5 Å². The van der Waals surface area contributed by atoms with E-state index in [1.165, 1.54) is 29.3 Å². The minimum Gasteiger partial charge on any atom is -0.478 e. The van der Waals surface area contributed by atoms with Crippen LogP contribution in [0.4, 0.5) is 5.69 Å². The number of rotatable bonds is 2. The number of fused-ring (bicyclic) bond motifs is 5. The van der Waals surface area contributed by atoms with Gasteiger partial charge in [0.05, 0.1) is 5.56 Å². The minimum absolute atomic E-state index is 0.438. The molecule has 0 aliphatic carbocycles. The van der Waals surface area contributed by atoms with Gasteiger partial charge in [-0.3, -0.25) is 0 Å². The van der Waals surface area contributed by atoms with Crippen molar-refractivity contribution >= 4 is 54.7 Å². The second kappa shape index (κ2) is 5.59. The number of carboxylic acids is 1. The molecule has 0 aromatic heterocycles. The molecule has 6 rings (SSSR count). The summed E-state index contributed by atoms with van der Waals surface area (Å²) < 4.78 is 0. The summed E-state index contributed by atoms with van der Waals surface area (Å²) in [5.41, 5.74) is 1.63. The van der Waals surface area contributed by atoms with Crippen molar-refractivity contribution in [3.8, 4) is 0 Å². The van der Waals surface area contributed by atoms with Crippen molar-refractivity contribution < 1.29 is 9.90 Å². The van der Waals surface area contributed by atoms with Crippen LogP contribution in [0.3, 0.4) is 0 Å². The fraction of sp³-hybridized carbons (Fsp3) is 0.160. The van der Waals surface area contributed by atoms with Crippen LogP contribution in [-0.4, -0.2) is 24.2 Å². The molecule has 5 aromatic rings. The Morgan fingerprint density at radius 2 is 1.43 bits per heavy atom. The van der Waals surface area contributed by atoms with Crippen LogP contribution in [-0.2, 0) is 0 Å². The van der Waals surface area contributed by atoms with Crippen LogP contribution in [0.15, 0.2) is 60.7 Å². The van der Waals surface area contributed by atoms with Crippen LogP contribution in [0, 0.1) is 0 Å². The fourth-order valence-electron chi connectivity index (χ4n) is 5.18. The van der Waals surface area contributed by atoms with Crippen LogP contribution < -0.4 is 4.90 Å². The third kappa shape index (κ3) is 1.91. The van der Waals surface area contributed by atoms with Crippen molar-refractivity contribution in [2.45, 2.75) is 12.8 Å². The highest BCUT2D eigenvalue weighted by molar-refractivity contribution is 6.44. The first-order valence-electron chi connectivity index (χ1n) is 9.85. The molecule has 0 amide bonds. The Kier molecular flexibility index (Phi) is 3.13. The summed E-state index contributed by atoms with van der Waals surface area (Å²) >= 11 is 0. The van der Waals surface area contributed by atoms with E-state index in [-0.39, 0.29) is 0 Å². The van der Waals surface area contributed by atoms with Gasteiger partial charge in [-0.2, -0.15) is 0 Å². The van der Waals surface area contributed by atoms with Gasteiger partial charge in [-0.1, -0.05) is 54.6 Å². The van der Waals surface area contributed by atoms with Crippen LogP contribution in [0.2, 0.25) is 0 Å². The zero-order valence-corrected chi connectivity index (χ0v) is 15.4. The molecule has 0 atom stereocenters. The highest BCUT2D eigenvalue weighted by Gasteiger charge is 2.28. The zero-order valence-electron chi connectivity index (χ0n) is 15.4. The van der Waals surface area contributed by atoms with Gasteiger partial charge in [0, 0.05) is 29.5 Å². The summed E-state index contributed by atoms with van der Waals surface area (Å²) in [5.74, 6) is -0.851. The molecule has 1 aliphatic rings. The van der Waals surface area contributed by atoms with Crippen LogP contribution in [0.5, 0.6) is 0 Å². The molecule has 1 heterocycles. The largest absolute Gasteiger partial charge is 0.478 e. The maximum absolute atomic E-state index is 12.4. The minimum atomic E-state index is -0.851. The number of hydrogen-bond acceptors (Lipinski definition) is 2. The molecule has 0 bridgehead atoms. The van der Waals surface area contributed by atoms with E-state index in [1.54, 1.807) is 0 Å². The van der Waals surface area contributed by atoms with E-state index in [0.717, 1.165) is 45.4 Å². The van der Waals surface area contributed by atoms with Crippen LogP contribution in [0.1, 0.15) is 23.2 Å². The molecule has 3 nitrogen and oxygen atoms in total. The van der Waals surface area contributed by atoms with Gasteiger partial charge in [0.1, 0.15) is 0 Å². The second-order valence-corrected chi connectivity index (χ2v) is 7.73. The molecule has 3 heteroatoms. The van der Waals surface area contributed by atoms with Crippen LogP contribution >= 0.6 is 0 Å². The first-order chi connectivity index (χ1) is 13.8. The van der Waals surface area contributed by atoms with E-state index in [2.05, 4.69) is 41.3 Å². The first kappa shape index (κ1) is 15.7. The van der Waals surface area contributed by atoms with Gasteiger partial charge in [0.25, 0.3) is 0 Å². The third-order valence-electron chi connectivity index (χ3n) is 6.26. The maximum atomic E-state index is 12.4. The van der Waals surface area contributed by atoms with Crippen molar-refractivity contribution in [1.29, 1.82) is 0 Å². The first-order valence-corrected chi connectivity index (χ1v) is 9.85. The molecule has 1 saturated heterocycles. The summed E-state index contributed by atoms with van der Waals surface area (Å²) in [6.07, 6.45) is 2.39. The number of carbonyl (C=O) groups is 1. The Morgan fingerprint density at radius 3 is 2.21 bits per heavy atom.